The number of para-hydroxylation sites is 1. The summed E-state index contributed by atoms with van der Waals surface area (Å²) < 4.78 is 25.0. The van der Waals surface area contributed by atoms with E-state index in [0.29, 0.717) is 5.69 Å². The van der Waals surface area contributed by atoms with E-state index >= 15 is 0 Å². The van der Waals surface area contributed by atoms with Gasteiger partial charge in [0.15, 0.2) is 0 Å². The van der Waals surface area contributed by atoms with Crippen molar-refractivity contribution in [3.05, 3.63) is 29.8 Å². The molecule has 0 bridgehead atoms. The van der Waals surface area contributed by atoms with E-state index < -0.39 is 21.3 Å². The Labute approximate surface area is 119 Å². The largest absolute Gasteiger partial charge is 0.279 e. The van der Waals surface area contributed by atoms with Gasteiger partial charge in [-0.3, -0.25) is 9.10 Å². The Bertz CT molecular complexity index is 569. The first kappa shape index (κ1) is 16.0. The Morgan fingerprint density at radius 3 is 2.16 bits per heavy atom. The number of sulfonamides is 1. The first-order valence-electron chi connectivity index (χ1n) is 5.94. The number of anilines is 1. The Balaban J connectivity index is 3.47. The molecule has 0 heterocycles. The molecule has 0 N–H and O–H groups in total. The molecule has 0 saturated heterocycles. The molecule has 19 heavy (non-hydrogen) atoms. The van der Waals surface area contributed by atoms with Crippen molar-refractivity contribution >= 4 is 32.6 Å². The predicted molar refractivity (Wildman–Crippen MR) is 78.2 cm³/mol. The first-order valence-corrected chi connectivity index (χ1v) is 8.16. The normalized spacial score (nSPS) is 13.4. The zero-order chi connectivity index (χ0) is 14.8. The number of nitrogens with zero attached hydrogens (tertiary/aromatic N) is 1. The maximum absolute atomic E-state index is 12.0. The van der Waals surface area contributed by atoms with Gasteiger partial charge < -0.3 is 0 Å². The average Bonchev–Trinajstić information content (AvgIpc) is 2.27. The molecule has 0 fully saturated rings. The summed E-state index contributed by atoms with van der Waals surface area (Å²) in [6, 6.07) is 6.18. The molecule has 1 unspecified atom stereocenters. The first-order chi connectivity index (χ1) is 8.66. The minimum atomic E-state index is -3.59. The molecule has 0 aliphatic carbocycles. The highest BCUT2D eigenvalue weighted by Crippen LogP contribution is 2.30. The molecule has 0 saturated carbocycles. The molecule has 0 aromatic heterocycles. The van der Waals surface area contributed by atoms with E-state index in [-0.39, 0.29) is 5.92 Å². The summed E-state index contributed by atoms with van der Waals surface area (Å²) in [6.07, 6.45) is 1.07. The minimum Gasteiger partial charge on any atom is -0.279 e. The fourth-order valence-corrected chi connectivity index (χ4v) is 3.29. The van der Waals surface area contributed by atoms with Gasteiger partial charge in [0, 0.05) is 0 Å². The highest BCUT2D eigenvalue weighted by atomic mass is 35.5. The summed E-state index contributed by atoms with van der Waals surface area (Å²) in [5.74, 6) is 0.137. The van der Waals surface area contributed by atoms with Crippen LogP contribution in [-0.4, -0.2) is 26.0 Å². The molecule has 0 amide bonds. The maximum atomic E-state index is 12.0. The van der Waals surface area contributed by atoms with E-state index in [9.17, 15) is 13.2 Å². The molecule has 0 spiro atoms. The number of hydrogen-bond donors (Lipinski definition) is 0. The molecular formula is C13H18ClNO3S. The lowest BCUT2D eigenvalue weighted by Crippen LogP contribution is -2.42. The number of halogens is 1. The molecule has 0 aliphatic rings. The molecule has 0 aliphatic heterocycles. The summed E-state index contributed by atoms with van der Waals surface area (Å²) in [5, 5.41) is -0.705. The quantitative estimate of drug-likeness (QED) is 0.786. The average molecular weight is 304 g/mol. The molecule has 106 valence electrons. The highest BCUT2D eigenvalue weighted by molar-refractivity contribution is 7.92. The Morgan fingerprint density at radius 1 is 1.21 bits per heavy atom. The van der Waals surface area contributed by atoms with Gasteiger partial charge in [-0.25, -0.2) is 8.42 Å². The van der Waals surface area contributed by atoms with Crippen LogP contribution in [0.5, 0.6) is 0 Å². The van der Waals surface area contributed by atoms with Crippen LogP contribution in [0.4, 0.5) is 5.69 Å². The second kappa shape index (κ2) is 5.92. The van der Waals surface area contributed by atoms with Gasteiger partial charge in [-0.15, -0.1) is 0 Å². The van der Waals surface area contributed by atoms with Crippen molar-refractivity contribution in [3.8, 4) is 0 Å². The molecule has 6 heteroatoms. The van der Waals surface area contributed by atoms with Gasteiger partial charge in [0.2, 0.25) is 15.3 Å². The Hall–Kier alpha value is -1.07. The number of hydrogen-bond acceptors (Lipinski definition) is 3. The van der Waals surface area contributed by atoms with E-state index in [1.165, 1.54) is 6.92 Å². The summed E-state index contributed by atoms with van der Waals surface area (Å²) in [7, 11) is -3.59. The van der Waals surface area contributed by atoms with Crippen LogP contribution >= 0.6 is 11.6 Å². The monoisotopic (exact) mass is 303 g/mol. The molecular weight excluding hydrogens is 286 g/mol. The van der Waals surface area contributed by atoms with Crippen molar-refractivity contribution in [2.24, 2.45) is 0 Å². The maximum Gasteiger partial charge on any atom is 0.245 e. The lowest BCUT2D eigenvalue weighted by atomic mass is 10.0. The van der Waals surface area contributed by atoms with Crippen LogP contribution in [0.2, 0.25) is 0 Å². The van der Waals surface area contributed by atoms with E-state index in [0.717, 1.165) is 16.1 Å². The van der Waals surface area contributed by atoms with Crippen LogP contribution in [0, 0.1) is 0 Å². The fraction of sp³-hybridized carbons (Fsp3) is 0.462. The zero-order valence-corrected chi connectivity index (χ0v) is 13.0. The van der Waals surface area contributed by atoms with E-state index in [1.54, 1.807) is 12.1 Å². The van der Waals surface area contributed by atoms with Crippen LogP contribution in [0.3, 0.4) is 0 Å². The molecule has 0 radical (unpaired) electrons. The van der Waals surface area contributed by atoms with E-state index in [1.807, 2.05) is 26.0 Å². The third-order valence-corrected chi connectivity index (χ3v) is 4.38. The second-order valence-electron chi connectivity index (χ2n) is 4.75. The van der Waals surface area contributed by atoms with Crippen LogP contribution in [0.25, 0.3) is 0 Å². The van der Waals surface area contributed by atoms with Crippen LogP contribution in [0.15, 0.2) is 24.3 Å². The van der Waals surface area contributed by atoms with Crippen LogP contribution in [0.1, 0.15) is 32.3 Å². The molecule has 1 aromatic rings. The van der Waals surface area contributed by atoms with Gasteiger partial charge in [-0.1, -0.05) is 32.0 Å². The molecule has 4 nitrogen and oxygen atoms in total. The Morgan fingerprint density at radius 2 is 1.74 bits per heavy atom. The van der Waals surface area contributed by atoms with Gasteiger partial charge in [0.05, 0.1) is 11.9 Å². The number of benzene rings is 1. The molecule has 1 aromatic carbocycles. The molecule has 1 atom stereocenters. The second-order valence-corrected chi connectivity index (χ2v) is 6.98. The van der Waals surface area contributed by atoms with Gasteiger partial charge in [0.1, 0.15) is 6.04 Å². The summed E-state index contributed by atoms with van der Waals surface area (Å²) in [5.41, 5.74) is 1.36. The summed E-state index contributed by atoms with van der Waals surface area (Å²) in [6.45, 7) is 5.41. The smallest absolute Gasteiger partial charge is 0.245 e. The summed E-state index contributed by atoms with van der Waals surface area (Å²) in [4.78, 5) is 11.3. The van der Waals surface area contributed by atoms with E-state index in [2.05, 4.69) is 0 Å². The predicted octanol–water partition coefficient (Wildman–Crippen LogP) is 2.73. The minimum absolute atomic E-state index is 0.137. The van der Waals surface area contributed by atoms with Gasteiger partial charge in [-0.05, 0) is 36.1 Å². The van der Waals surface area contributed by atoms with Crippen molar-refractivity contribution in [3.63, 3.8) is 0 Å². The topological polar surface area (TPSA) is 54.5 Å². The van der Waals surface area contributed by atoms with Crippen molar-refractivity contribution in [1.82, 2.24) is 0 Å². The van der Waals surface area contributed by atoms with Crippen molar-refractivity contribution in [2.75, 3.05) is 10.6 Å². The Kier molecular flexibility index (Phi) is 4.98. The van der Waals surface area contributed by atoms with Gasteiger partial charge in [-0.2, -0.15) is 0 Å². The van der Waals surface area contributed by atoms with Crippen LogP contribution in [-0.2, 0) is 14.8 Å². The number of rotatable bonds is 5. The standard InChI is InChI=1S/C13H18ClNO3S/c1-9(2)11-7-5-6-8-12(11)15(19(4,17)18)10(3)13(14)16/h5-10H,1-4H3. The number of carbonyl (C=O) groups is 1. The zero-order valence-electron chi connectivity index (χ0n) is 11.4. The third kappa shape index (κ3) is 3.70. The van der Waals surface area contributed by atoms with Gasteiger partial charge >= 0.3 is 0 Å². The summed E-state index contributed by atoms with van der Waals surface area (Å²) >= 11 is 5.47. The lowest BCUT2D eigenvalue weighted by molar-refractivity contribution is -0.112. The number of carbonyl (C=O) groups excluding carboxylic acids is 1. The van der Waals surface area contributed by atoms with Crippen molar-refractivity contribution in [2.45, 2.75) is 32.7 Å². The van der Waals surface area contributed by atoms with Crippen molar-refractivity contribution in [1.29, 1.82) is 0 Å². The lowest BCUT2D eigenvalue weighted by Gasteiger charge is -2.29. The SMILES string of the molecule is CC(C)c1ccccc1N(C(C)C(=O)Cl)S(C)(=O)=O. The third-order valence-electron chi connectivity index (χ3n) is 2.83. The molecule has 1 rings (SSSR count). The van der Waals surface area contributed by atoms with E-state index in [4.69, 9.17) is 11.6 Å². The van der Waals surface area contributed by atoms with Crippen molar-refractivity contribution < 1.29 is 13.2 Å². The van der Waals surface area contributed by atoms with Gasteiger partial charge in [0.25, 0.3) is 0 Å². The fourth-order valence-electron chi connectivity index (χ4n) is 1.94. The van der Waals surface area contributed by atoms with Crippen LogP contribution < -0.4 is 4.31 Å². The highest BCUT2D eigenvalue weighted by Gasteiger charge is 2.29.